The number of imide groups is 2. The van der Waals surface area contributed by atoms with Gasteiger partial charge in [0.1, 0.15) is 11.5 Å². The lowest BCUT2D eigenvalue weighted by molar-refractivity contribution is -0.139. The third kappa shape index (κ3) is 5.50. The summed E-state index contributed by atoms with van der Waals surface area (Å²) in [5, 5.41) is 12.2. The fourth-order valence-corrected chi connectivity index (χ4v) is 9.45. The van der Waals surface area contributed by atoms with Crippen LogP contribution in [0.3, 0.4) is 0 Å². The molecule has 10 nitrogen and oxygen atoms in total. The molecule has 3 fully saturated rings. The number of allylic oxidation sites excluding steroid dienone is 2. The van der Waals surface area contributed by atoms with E-state index in [0.29, 0.717) is 39.1 Å². The molecular formula is C41H31Cl2F3N4O6. The van der Waals surface area contributed by atoms with Gasteiger partial charge >= 0.3 is 6.18 Å². The molecule has 6 unspecified atom stereocenters. The number of hydrogen-bond acceptors (Lipinski definition) is 8. The first-order chi connectivity index (χ1) is 26.7. The van der Waals surface area contributed by atoms with Gasteiger partial charge in [0.05, 0.1) is 46.6 Å². The van der Waals surface area contributed by atoms with Crippen molar-refractivity contribution in [3.63, 3.8) is 0 Å². The summed E-state index contributed by atoms with van der Waals surface area (Å²) in [6.45, 7) is 3.76. The summed E-state index contributed by atoms with van der Waals surface area (Å²) in [5.41, 5.74) is 1.78. The van der Waals surface area contributed by atoms with Gasteiger partial charge in [-0.05, 0) is 72.4 Å². The number of nitrogens with zero attached hydrogens (tertiary/aromatic N) is 3. The number of hydrazine groups is 1. The van der Waals surface area contributed by atoms with Crippen LogP contribution in [0.15, 0.2) is 97.2 Å². The highest BCUT2D eigenvalue weighted by atomic mass is 35.5. The monoisotopic (exact) mass is 802 g/mol. The van der Waals surface area contributed by atoms with Crippen LogP contribution < -0.4 is 15.1 Å². The van der Waals surface area contributed by atoms with Crippen molar-refractivity contribution in [3.8, 4) is 11.5 Å². The van der Waals surface area contributed by atoms with E-state index in [1.807, 2.05) is 6.08 Å². The number of ether oxygens (including phenoxy) is 1. The first-order valence-corrected chi connectivity index (χ1v) is 18.3. The van der Waals surface area contributed by atoms with Crippen molar-refractivity contribution in [2.75, 3.05) is 17.4 Å². The Kier molecular flexibility index (Phi) is 9.00. The molecule has 2 aliphatic carbocycles. The molecule has 286 valence electrons. The van der Waals surface area contributed by atoms with E-state index in [2.05, 4.69) is 17.0 Å². The highest BCUT2D eigenvalue weighted by Crippen LogP contribution is 2.66. The number of aromatic hydroxyl groups is 1. The second kappa shape index (κ2) is 13.5. The summed E-state index contributed by atoms with van der Waals surface area (Å²) in [7, 11) is 1.39. The number of alkyl halides is 3. The van der Waals surface area contributed by atoms with Crippen LogP contribution in [0.2, 0.25) is 10.0 Å². The fraction of sp³-hybridized carbons (Fsp3) is 0.244. The number of halogens is 5. The molecule has 1 saturated carbocycles. The summed E-state index contributed by atoms with van der Waals surface area (Å²) in [4.78, 5) is 63.9. The summed E-state index contributed by atoms with van der Waals surface area (Å²) in [6, 6.07) is 18.3. The average Bonchev–Trinajstić information content (AvgIpc) is 3.56. The van der Waals surface area contributed by atoms with E-state index in [0.717, 1.165) is 10.5 Å². The van der Waals surface area contributed by atoms with Gasteiger partial charge in [-0.2, -0.15) is 18.2 Å². The Morgan fingerprint density at radius 1 is 0.982 bits per heavy atom. The highest BCUT2D eigenvalue weighted by molar-refractivity contribution is 6.33. The number of aromatic nitrogens is 1. The second-order valence-electron chi connectivity index (χ2n) is 14.1. The Morgan fingerprint density at radius 2 is 1.70 bits per heavy atom. The number of methoxy groups -OCH3 is 1. The predicted octanol–water partition coefficient (Wildman–Crippen LogP) is 7.95. The molecule has 6 atom stereocenters. The molecule has 0 bridgehead atoms. The number of benzene rings is 3. The average molecular weight is 804 g/mol. The number of phenols is 1. The van der Waals surface area contributed by atoms with Crippen LogP contribution in [-0.2, 0) is 30.8 Å². The molecular weight excluding hydrogens is 772 g/mol. The Morgan fingerprint density at radius 3 is 2.34 bits per heavy atom. The summed E-state index contributed by atoms with van der Waals surface area (Å²) in [6.07, 6.45) is -0.775. The Balaban J connectivity index is 1.32. The lowest BCUT2D eigenvalue weighted by atomic mass is 9.49. The normalized spacial score (nSPS) is 25.8. The van der Waals surface area contributed by atoms with Crippen LogP contribution in [0.4, 0.5) is 24.7 Å². The fourth-order valence-electron chi connectivity index (χ4n) is 9.11. The predicted molar refractivity (Wildman–Crippen MR) is 201 cm³/mol. The quantitative estimate of drug-likeness (QED) is 0.142. The van der Waals surface area contributed by atoms with E-state index in [1.54, 1.807) is 66.7 Å². The minimum absolute atomic E-state index is 0.0960. The minimum Gasteiger partial charge on any atom is -0.508 e. The van der Waals surface area contributed by atoms with Crippen LogP contribution in [0, 0.1) is 23.7 Å². The summed E-state index contributed by atoms with van der Waals surface area (Å²) in [5.74, 6) is -7.94. The van der Waals surface area contributed by atoms with E-state index >= 15 is 4.79 Å². The number of carbonyl (C=O) groups is 4. The van der Waals surface area contributed by atoms with E-state index in [-0.39, 0.29) is 29.9 Å². The number of anilines is 2. The molecule has 3 heterocycles. The molecule has 3 aromatic carbocycles. The highest BCUT2D eigenvalue weighted by Gasteiger charge is 2.71. The second-order valence-corrected chi connectivity index (χ2v) is 15.0. The first-order valence-electron chi connectivity index (χ1n) is 17.5. The van der Waals surface area contributed by atoms with Crippen LogP contribution >= 0.6 is 23.2 Å². The topological polar surface area (TPSA) is 129 Å². The largest absolute Gasteiger partial charge is 0.508 e. The smallest absolute Gasteiger partial charge is 0.417 e. The molecule has 56 heavy (non-hydrogen) atoms. The van der Waals surface area contributed by atoms with E-state index in [4.69, 9.17) is 27.9 Å². The van der Waals surface area contributed by atoms with Crippen LogP contribution in [0.25, 0.3) is 6.08 Å². The van der Waals surface area contributed by atoms with Gasteiger partial charge in [-0.25, -0.2) is 4.98 Å². The van der Waals surface area contributed by atoms with Gasteiger partial charge in [-0.15, -0.1) is 0 Å². The van der Waals surface area contributed by atoms with Gasteiger partial charge in [0, 0.05) is 22.7 Å². The number of fused-ring (bicyclic) bond motifs is 4. The Bertz CT molecular complexity index is 2370. The SMILES string of the molecule is C=Cc1ccc(N2C(=O)C3CC=C4C(CC5C(=O)N(Nc6ncc(C(F)(F)F)cc6Cl)C(=O)C5(c5ccc(Cl)cc5)C4c4c(O)cccc4OC)C3C2=O)cc1. The maximum Gasteiger partial charge on any atom is 0.417 e. The van der Waals surface area contributed by atoms with Crippen LogP contribution in [0.5, 0.6) is 11.5 Å². The molecule has 2 saturated heterocycles. The maximum atomic E-state index is 15.4. The molecule has 2 aliphatic heterocycles. The number of nitrogens with one attached hydrogen (secondary N) is 1. The third-order valence-electron chi connectivity index (χ3n) is 11.5. The van der Waals surface area contributed by atoms with Crippen molar-refractivity contribution in [3.05, 3.63) is 130 Å². The maximum absolute atomic E-state index is 15.4. The number of phenolic OH excluding ortho intramolecular Hbond substituents is 1. The van der Waals surface area contributed by atoms with Crippen molar-refractivity contribution < 1.29 is 42.2 Å². The van der Waals surface area contributed by atoms with Gasteiger partial charge in [0.15, 0.2) is 5.82 Å². The molecule has 0 radical (unpaired) electrons. The zero-order valence-electron chi connectivity index (χ0n) is 29.4. The molecule has 1 aromatic heterocycles. The summed E-state index contributed by atoms with van der Waals surface area (Å²) < 4.78 is 46.3. The zero-order valence-corrected chi connectivity index (χ0v) is 30.9. The number of hydrogen-bond donors (Lipinski definition) is 2. The van der Waals surface area contributed by atoms with Gasteiger partial charge in [0.25, 0.3) is 11.8 Å². The molecule has 4 aliphatic rings. The lowest BCUT2D eigenvalue weighted by Gasteiger charge is -2.50. The molecule has 15 heteroatoms. The van der Waals surface area contributed by atoms with Gasteiger partial charge in [-0.3, -0.25) is 29.5 Å². The van der Waals surface area contributed by atoms with E-state index in [9.17, 15) is 32.7 Å². The van der Waals surface area contributed by atoms with Crippen molar-refractivity contribution >= 4 is 64.4 Å². The van der Waals surface area contributed by atoms with Crippen molar-refractivity contribution in [2.24, 2.45) is 23.7 Å². The minimum atomic E-state index is -4.77. The standard InChI is InChI=1S/C41H31Cl2F3N4O6/c1-3-20-7-13-24(14-8-20)49-36(52)26-16-15-25-27(32(26)38(49)54)18-28-37(53)50(48-35-29(43)17-22(19-47-35)41(44,45)46)39(55)40(28,21-9-11-23(42)12-10-21)34(25)33-30(51)5-4-6-31(33)56-2/h3-15,17,19,26-28,32,34,51H,1,16,18H2,2H3,(H,47,48). The molecule has 4 aromatic rings. The Labute approximate surface area is 328 Å². The van der Waals surface area contributed by atoms with Crippen molar-refractivity contribution in [1.82, 2.24) is 9.99 Å². The van der Waals surface area contributed by atoms with E-state index < -0.39 is 81.2 Å². The van der Waals surface area contributed by atoms with Gasteiger partial charge in [-0.1, -0.05) is 77.8 Å². The number of pyridine rings is 1. The molecule has 0 spiro atoms. The van der Waals surface area contributed by atoms with Crippen molar-refractivity contribution in [2.45, 2.75) is 30.4 Å². The van der Waals surface area contributed by atoms with Gasteiger partial charge in [0.2, 0.25) is 11.8 Å². The molecule has 4 amide bonds. The number of amides is 4. The van der Waals surface area contributed by atoms with Crippen molar-refractivity contribution in [1.29, 1.82) is 0 Å². The third-order valence-corrected chi connectivity index (χ3v) is 12.0. The first kappa shape index (κ1) is 37.3. The van der Waals surface area contributed by atoms with Crippen LogP contribution in [0.1, 0.15) is 41.0 Å². The lowest BCUT2D eigenvalue weighted by Crippen LogP contribution is -2.53. The zero-order chi connectivity index (χ0) is 39.8. The Hall–Kier alpha value is -5.66. The molecule has 2 N–H and O–H groups in total. The summed E-state index contributed by atoms with van der Waals surface area (Å²) >= 11 is 12.6. The molecule has 8 rings (SSSR count). The number of carbonyl (C=O) groups excluding carboxylic acids is 4. The number of rotatable bonds is 7. The van der Waals surface area contributed by atoms with E-state index in [1.165, 1.54) is 13.2 Å². The van der Waals surface area contributed by atoms with Gasteiger partial charge < -0.3 is 9.84 Å². The van der Waals surface area contributed by atoms with Crippen LogP contribution in [-0.4, -0.2) is 45.8 Å².